The Bertz CT molecular complexity index is 1280. The predicted octanol–water partition coefficient (Wildman–Crippen LogP) is 3.49. The number of amides is 1. The van der Waals surface area contributed by atoms with E-state index in [1.54, 1.807) is 26.4 Å². The van der Waals surface area contributed by atoms with Gasteiger partial charge in [0, 0.05) is 69.2 Å². The van der Waals surface area contributed by atoms with Crippen LogP contribution in [-0.2, 0) is 16.1 Å². The monoisotopic (exact) mass is 472 g/mol. The highest BCUT2D eigenvalue weighted by Gasteiger charge is 2.24. The quantitative estimate of drug-likeness (QED) is 0.440. The molecule has 5 rings (SSSR count). The molecule has 1 atom stereocenters. The molecule has 180 valence electrons. The van der Waals surface area contributed by atoms with Gasteiger partial charge in [-0.3, -0.25) is 19.8 Å². The van der Waals surface area contributed by atoms with Crippen LogP contribution in [0.25, 0.3) is 22.2 Å². The van der Waals surface area contributed by atoms with E-state index >= 15 is 0 Å². The summed E-state index contributed by atoms with van der Waals surface area (Å²) in [7, 11) is 1.57. The van der Waals surface area contributed by atoms with Gasteiger partial charge in [-0.15, -0.1) is 0 Å². The molecule has 4 heterocycles. The van der Waals surface area contributed by atoms with Gasteiger partial charge in [-0.2, -0.15) is 5.10 Å². The van der Waals surface area contributed by atoms with Crippen molar-refractivity contribution < 1.29 is 14.3 Å². The zero-order valence-electron chi connectivity index (χ0n) is 19.8. The summed E-state index contributed by atoms with van der Waals surface area (Å²) in [5.41, 5.74) is 3.78. The summed E-state index contributed by atoms with van der Waals surface area (Å²) in [4.78, 5) is 25.7. The minimum absolute atomic E-state index is 0.0537. The van der Waals surface area contributed by atoms with Crippen molar-refractivity contribution in [2.75, 3.05) is 33.3 Å². The van der Waals surface area contributed by atoms with Crippen LogP contribution >= 0.6 is 0 Å². The molecule has 1 saturated heterocycles. The van der Waals surface area contributed by atoms with Crippen LogP contribution in [0.4, 0.5) is 0 Å². The van der Waals surface area contributed by atoms with Crippen LogP contribution in [0.1, 0.15) is 12.6 Å². The lowest BCUT2D eigenvalue weighted by Gasteiger charge is -2.35. The van der Waals surface area contributed by atoms with Crippen molar-refractivity contribution >= 4 is 16.8 Å². The van der Waals surface area contributed by atoms with Crippen molar-refractivity contribution in [2.24, 2.45) is 0 Å². The Morgan fingerprint density at radius 2 is 1.94 bits per heavy atom. The molecule has 9 nitrogen and oxygen atoms in total. The van der Waals surface area contributed by atoms with Gasteiger partial charge in [-0.05, 0) is 43.3 Å². The number of aromatic amines is 1. The van der Waals surface area contributed by atoms with Gasteiger partial charge in [0.25, 0.3) is 5.91 Å². The van der Waals surface area contributed by atoms with Crippen molar-refractivity contribution in [3.05, 3.63) is 66.6 Å². The molecule has 0 saturated carbocycles. The minimum atomic E-state index is -0.394. The minimum Gasteiger partial charge on any atom is -0.439 e. The maximum absolute atomic E-state index is 12.3. The van der Waals surface area contributed by atoms with Crippen molar-refractivity contribution in [3.8, 4) is 22.9 Å². The topological polar surface area (TPSA) is 96.5 Å². The van der Waals surface area contributed by atoms with Crippen molar-refractivity contribution in [3.63, 3.8) is 0 Å². The fraction of sp³-hybridized carbons (Fsp3) is 0.308. The number of hydrogen-bond acceptors (Lipinski definition) is 7. The third kappa shape index (κ3) is 5.31. The maximum Gasteiger partial charge on any atom is 0.251 e. The van der Waals surface area contributed by atoms with Crippen LogP contribution in [0.3, 0.4) is 0 Å². The number of piperazine rings is 1. The lowest BCUT2D eigenvalue weighted by Crippen LogP contribution is -2.51. The fourth-order valence-corrected chi connectivity index (χ4v) is 4.15. The molecule has 1 fully saturated rings. The lowest BCUT2D eigenvalue weighted by molar-refractivity contribution is -0.142. The first-order valence-corrected chi connectivity index (χ1v) is 11.7. The Morgan fingerprint density at radius 3 is 2.66 bits per heavy atom. The molecular formula is C26H28N6O3. The third-order valence-corrected chi connectivity index (χ3v) is 6.26. The van der Waals surface area contributed by atoms with E-state index in [-0.39, 0.29) is 5.91 Å². The molecule has 1 amide bonds. The van der Waals surface area contributed by atoms with Gasteiger partial charge in [-0.25, -0.2) is 4.98 Å². The van der Waals surface area contributed by atoms with Gasteiger partial charge in [0.15, 0.2) is 0 Å². The molecule has 0 radical (unpaired) electrons. The van der Waals surface area contributed by atoms with Gasteiger partial charge in [0.1, 0.15) is 11.9 Å². The Labute approximate surface area is 203 Å². The summed E-state index contributed by atoms with van der Waals surface area (Å²) in [6, 6.07) is 15.6. The molecule has 35 heavy (non-hydrogen) atoms. The van der Waals surface area contributed by atoms with Crippen LogP contribution in [0.15, 0.2) is 60.9 Å². The van der Waals surface area contributed by atoms with E-state index in [1.807, 2.05) is 47.4 Å². The van der Waals surface area contributed by atoms with E-state index in [0.29, 0.717) is 24.7 Å². The third-order valence-electron chi connectivity index (χ3n) is 6.26. The highest BCUT2D eigenvalue weighted by atomic mass is 16.5. The van der Waals surface area contributed by atoms with Crippen molar-refractivity contribution in [2.45, 2.75) is 19.6 Å². The number of ether oxygens (including phenoxy) is 2. The highest BCUT2D eigenvalue weighted by Crippen LogP contribution is 2.26. The fourth-order valence-electron chi connectivity index (χ4n) is 4.15. The number of carbonyl (C=O) groups excluding carboxylic acids is 1. The lowest BCUT2D eigenvalue weighted by atomic mass is 10.2. The molecule has 0 unspecified atom stereocenters. The second kappa shape index (κ2) is 10.2. The Balaban J connectivity index is 1.20. The average molecular weight is 473 g/mol. The van der Waals surface area contributed by atoms with Crippen LogP contribution in [0.5, 0.6) is 11.6 Å². The number of pyridine rings is 2. The van der Waals surface area contributed by atoms with E-state index in [9.17, 15) is 4.79 Å². The first-order chi connectivity index (χ1) is 17.1. The van der Waals surface area contributed by atoms with Gasteiger partial charge in [-0.1, -0.05) is 6.07 Å². The number of benzene rings is 1. The summed E-state index contributed by atoms with van der Waals surface area (Å²) in [6.45, 7) is 5.60. The largest absolute Gasteiger partial charge is 0.439 e. The van der Waals surface area contributed by atoms with E-state index in [1.165, 1.54) is 0 Å². The molecule has 3 aromatic heterocycles. The molecule has 0 spiro atoms. The number of fused-ring (bicyclic) bond motifs is 1. The van der Waals surface area contributed by atoms with Crippen LogP contribution in [0, 0.1) is 0 Å². The maximum atomic E-state index is 12.3. The normalized spacial score (nSPS) is 15.3. The summed E-state index contributed by atoms with van der Waals surface area (Å²) in [5, 5.41) is 7.89. The van der Waals surface area contributed by atoms with Gasteiger partial charge in [0.05, 0.1) is 16.9 Å². The number of aromatic nitrogens is 4. The zero-order chi connectivity index (χ0) is 24.2. The Morgan fingerprint density at radius 1 is 1.09 bits per heavy atom. The first kappa shape index (κ1) is 22.9. The molecule has 9 heteroatoms. The first-order valence-electron chi connectivity index (χ1n) is 11.7. The number of carbonyl (C=O) groups is 1. The van der Waals surface area contributed by atoms with Gasteiger partial charge < -0.3 is 14.4 Å². The van der Waals surface area contributed by atoms with Gasteiger partial charge >= 0.3 is 0 Å². The molecule has 1 aromatic carbocycles. The number of H-pyrrole nitrogens is 1. The van der Waals surface area contributed by atoms with E-state index in [4.69, 9.17) is 14.5 Å². The van der Waals surface area contributed by atoms with Crippen molar-refractivity contribution in [1.82, 2.24) is 30.0 Å². The van der Waals surface area contributed by atoms with E-state index < -0.39 is 6.10 Å². The molecular weight excluding hydrogens is 444 g/mol. The van der Waals surface area contributed by atoms with Gasteiger partial charge in [0.2, 0.25) is 5.88 Å². The summed E-state index contributed by atoms with van der Waals surface area (Å²) in [5.74, 6) is 1.28. The SMILES string of the molecule is CO[C@H](C)C(=O)N1CCN(Cc2ccc3cc(Oc4ccc(-c5ccn[nH]5)cn4)ccc3n2)CC1. The van der Waals surface area contributed by atoms with Crippen LogP contribution in [0.2, 0.25) is 0 Å². The predicted molar refractivity (Wildman–Crippen MR) is 132 cm³/mol. The Hall–Kier alpha value is -3.82. The molecule has 4 aromatic rings. The van der Waals surface area contributed by atoms with Crippen LogP contribution in [-0.4, -0.2) is 75.3 Å². The number of rotatable bonds is 7. The summed E-state index contributed by atoms with van der Waals surface area (Å²) < 4.78 is 11.1. The molecule has 0 bridgehead atoms. The average Bonchev–Trinajstić information content (AvgIpc) is 3.44. The van der Waals surface area contributed by atoms with Crippen LogP contribution < -0.4 is 4.74 Å². The molecule has 0 aliphatic carbocycles. The van der Waals surface area contributed by atoms with Crippen molar-refractivity contribution in [1.29, 1.82) is 0 Å². The smallest absolute Gasteiger partial charge is 0.251 e. The number of nitrogens with zero attached hydrogens (tertiary/aromatic N) is 5. The second-order valence-electron chi connectivity index (χ2n) is 8.59. The Kier molecular flexibility index (Phi) is 6.69. The number of hydrogen-bond donors (Lipinski definition) is 1. The number of nitrogens with one attached hydrogen (secondary N) is 1. The number of methoxy groups -OCH3 is 1. The standard InChI is InChI=1S/C26H28N6O3/c1-18(34-2)26(33)32-13-11-31(12-14-32)17-21-5-3-19-15-22(6-7-23(19)29-21)35-25-8-4-20(16-27-25)24-9-10-28-30-24/h3-10,15-16,18H,11-14,17H2,1-2H3,(H,28,30)/t18-/m1/s1. The molecule has 1 aliphatic rings. The van der Waals surface area contributed by atoms with E-state index in [2.05, 4.69) is 26.1 Å². The molecule has 1 aliphatic heterocycles. The highest BCUT2D eigenvalue weighted by molar-refractivity contribution is 5.81. The zero-order valence-corrected chi connectivity index (χ0v) is 19.8. The molecule has 1 N–H and O–H groups in total. The summed E-state index contributed by atoms with van der Waals surface area (Å²) in [6.07, 6.45) is 3.07. The second-order valence-corrected chi connectivity index (χ2v) is 8.59. The summed E-state index contributed by atoms with van der Waals surface area (Å²) >= 11 is 0. The van der Waals surface area contributed by atoms with E-state index in [0.717, 1.165) is 47.5 Å².